The molecule has 2 rings (SSSR count). The lowest BCUT2D eigenvalue weighted by Crippen LogP contribution is -2.19. The van der Waals surface area contributed by atoms with E-state index in [9.17, 15) is 4.79 Å². The van der Waals surface area contributed by atoms with Gasteiger partial charge >= 0.3 is 0 Å². The van der Waals surface area contributed by atoms with E-state index >= 15 is 0 Å². The Morgan fingerprint density at radius 1 is 1.56 bits per heavy atom. The van der Waals surface area contributed by atoms with Gasteiger partial charge in [-0.3, -0.25) is 4.79 Å². The van der Waals surface area contributed by atoms with Crippen LogP contribution in [-0.2, 0) is 0 Å². The molecule has 2 aromatic heterocycles. The van der Waals surface area contributed by atoms with Gasteiger partial charge in [0.05, 0.1) is 5.70 Å². The van der Waals surface area contributed by atoms with Gasteiger partial charge in [-0.25, -0.2) is 4.68 Å². The highest BCUT2D eigenvalue weighted by atomic mass is 32.1. The monoisotopic (exact) mass is 263 g/mol. The Balaban J connectivity index is 2.37. The summed E-state index contributed by atoms with van der Waals surface area (Å²) in [5.74, 6) is 6.06. The quantitative estimate of drug-likeness (QED) is 0.502. The fourth-order valence-corrected chi connectivity index (χ4v) is 2.08. The van der Waals surface area contributed by atoms with Gasteiger partial charge in [0, 0.05) is 31.1 Å². The SMILES string of the molecule is CN(C)C(=CC(=O)c1ccsc1)c1nncn1N. The Morgan fingerprint density at radius 3 is 2.83 bits per heavy atom. The van der Waals surface area contributed by atoms with E-state index in [0.717, 1.165) is 0 Å². The number of thiophene rings is 1. The van der Waals surface area contributed by atoms with Gasteiger partial charge in [0.1, 0.15) is 6.33 Å². The van der Waals surface area contributed by atoms with E-state index in [2.05, 4.69) is 10.2 Å². The van der Waals surface area contributed by atoms with Crippen LogP contribution >= 0.6 is 11.3 Å². The van der Waals surface area contributed by atoms with E-state index in [1.807, 2.05) is 19.5 Å². The smallest absolute Gasteiger partial charge is 0.198 e. The van der Waals surface area contributed by atoms with Crippen molar-refractivity contribution in [3.05, 3.63) is 40.6 Å². The number of nitrogens with zero attached hydrogens (tertiary/aromatic N) is 4. The molecule has 2 N–H and O–H groups in total. The molecular weight excluding hydrogens is 250 g/mol. The average Bonchev–Trinajstić information content (AvgIpc) is 2.96. The second-order valence-corrected chi connectivity index (χ2v) is 4.64. The van der Waals surface area contributed by atoms with E-state index < -0.39 is 0 Å². The molecule has 2 heterocycles. The number of nitrogen functional groups attached to an aromatic ring is 1. The van der Waals surface area contributed by atoms with Crippen molar-refractivity contribution in [1.82, 2.24) is 19.8 Å². The Labute approximate surface area is 108 Å². The molecule has 18 heavy (non-hydrogen) atoms. The Morgan fingerprint density at radius 2 is 2.33 bits per heavy atom. The van der Waals surface area contributed by atoms with Gasteiger partial charge in [0.15, 0.2) is 11.6 Å². The zero-order valence-electron chi connectivity index (χ0n) is 10.1. The van der Waals surface area contributed by atoms with Gasteiger partial charge in [-0.15, -0.1) is 10.2 Å². The molecule has 0 amide bonds. The van der Waals surface area contributed by atoms with Crippen LogP contribution < -0.4 is 5.84 Å². The number of rotatable bonds is 4. The summed E-state index contributed by atoms with van der Waals surface area (Å²) in [5, 5.41) is 11.3. The standard InChI is InChI=1S/C11H13N5OS/c1-15(2)9(11-14-13-7-16(11)12)5-10(17)8-3-4-18-6-8/h3-7H,12H2,1-2H3. The summed E-state index contributed by atoms with van der Waals surface area (Å²) >= 11 is 1.48. The van der Waals surface area contributed by atoms with Gasteiger partial charge in [0.25, 0.3) is 0 Å². The highest BCUT2D eigenvalue weighted by Gasteiger charge is 2.14. The first-order valence-corrected chi connectivity index (χ1v) is 6.15. The zero-order valence-corrected chi connectivity index (χ0v) is 10.9. The predicted molar refractivity (Wildman–Crippen MR) is 70.5 cm³/mol. The second-order valence-electron chi connectivity index (χ2n) is 3.86. The average molecular weight is 263 g/mol. The van der Waals surface area contributed by atoms with Crippen LogP contribution in [0.4, 0.5) is 0 Å². The minimum atomic E-state index is -0.0806. The molecule has 7 heteroatoms. The molecule has 0 atom stereocenters. The molecular formula is C11H13N5OS. The summed E-state index contributed by atoms with van der Waals surface area (Å²) in [7, 11) is 3.64. The van der Waals surface area contributed by atoms with E-state index in [4.69, 9.17) is 5.84 Å². The highest BCUT2D eigenvalue weighted by molar-refractivity contribution is 7.08. The molecule has 0 saturated heterocycles. The highest BCUT2D eigenvalue weighted by Crippen LogP contribution is 2.15. The molecule has 94 valence electrons. The second kappa shape index (κ2) is 5.01. The van der Waals surface area contributed by atoms with Gasteiger partial charge < -0.3 is 10.7 Å². The molecule has 0 aromatic carbocycles. The summed E-state index contributed by atoms with van der Waals surface area (Å²) in [6.07, 6.45) is 2.90. The Bertz CT molecular complexity index is 570. The number of carbonyl (C=O) groups is 1. The molecule has 0 saturated carbocycles. The first kappa shape index (κ1) is 12.3. The number of allylic oxidation sites excluding steroid dienone is 1. The van der Waals surface area contributed by atoms with Crippen LogP contribution in [0.25, 0.3) is 5.70 Å². The number of hydrogen-bond donors (Lipinski definition) is 1. The van der Waals surface area contributed by atoms with Crippen molar-refractivity contribution in [2.45, 2.75) is 0 Å². The first-order valence-electron chi connectivity index (χ1n) is 5.20. The molecule has 6 nitrogen and oxygen atoms in total. The van der Waals surface area contributed by atoms with Crippen LogP contribution in [-0.4, -0.2) is 39.7 Å². The maximum absolute atomic E-state index is 12.0. The lowest BCUT2D eigenvalue weighted by Gasteiger charge is -2.15. The maximum atomic E-state index is 12.0. The van der Waals surface area contributed by atoms with Crippen molar-refractivity contribution in [3.63, 3.8) is 0 Å². The summed E-state index contributed by atoms with van der Waals surface area (Å²) in [6, 6.07) is 1.78. The third-order valence-electron chi connectivity index (χ3n) is 2.36. The fraction of sp³-hybridized carbons (Fsp3) is 0.182. The minimum absolute atomic E-state index is 0.0806. The molecule has 0 unspecified atom stereocenters. The van der Waals surface area contributed by atoms with Crippen LogP contribution in [0.5, 0.6) is 0 Å². The fourth-order valence-electron chi connectivity index (χ4n) is 1.43. The van der Waals surface area contributed by atoms with Gasteiger partial charge in [-0.2, -0.15) is 11.3 Å². The molecule has 0 aliphatic heterocycles. The van der Waals surface area contributed by atoms with Crippen LogP contribution in [0.15, 0.2) is 29.2 Å². The van der Waals surface area contributed by atoms with E-state index in [1.54, 1.807) is 16.3 Å². The summed E-state index contributed by atoms with van der Waals surface area (Å²) < 4.78 is 1.28. The Kier molecular flexibility index (Phi) is 3.42. The van der Waals surface area contributed by atoms with E-state index in [-0.39, 0.29) is 5.78 Å². The minimum Gasteiger partial charge on any atom is -0.374 e. The third kappa shape index (κ3) is 2.40. The molecule has 0 fully saturated rings. The number of carbonyl (C=O) groups excluding carboxylic acids is 1. The number of ketones is 1. The molecule has 0 bridgehead atoms. The van der Waals surface area contributed by atoms with Crippen LogP contribution in [0.1, 0.15) is 16.2 Å². The molecule has 0 aliphatic rings. The topological polar surface area (TPSA) is 77.0 Å². The van der Waals surface area contributed by atoms with Crippen molar-refractivity contribution < 1.29 is 4.79 Å². The number of aromatic nitrogens is 3. The van der Waals surface area contributed by atoms with Crippen LogP contribution in [0, 0.1) is 0 Å². The predicted octanol–water partition coefficient (Wildman–Crippen LogP) is 0.839. The van der Waals surface area contributed by atoms with Gasteiger partial charge in [0.2, 0.25) is 0 Å². The zero-order chi connectivity index (χ0) is 13.1. The van der Waals surface area contributed by atoms with Gasteiger partial charge in [-0.1, -0.05) is 0 Å². The lowest BCUT2D eigenvalue weighted by molar-refractivity contribution is 0.104. The first-order chi connectivity index (χ1) is 8.59. The van der Waals surface area contributed by atoms with Crippen molar-refractivity contribution >= 4 is 22.8 Å². The largest absolute Gasteiger partial charge is 0.374 e. The van der Waals surface area contributed by atoms with Crippen molar-refractivity contribution in [2.24, 2.45) is 0 Å². The van der Waals surface area contributed by atoms with E-state index in [0.29, 0.717) is 17.1 Å². The third-order valence-corrected chi connectivity index (χ3v) is 3.04. The van der Waals surface area contributed by atoms with Crippen molar-refractivity contribution in [3.8, 4) is 0 Å². The van der Waals surface area contributed by atoms with Crippen molar-refractivity contribution in [2.75, 3.05) is 19.9 Å². The van der Waals surface area contributed by atoms with Crippen molar-refractivity contribution in [1.29, 1.82) is 0 Å². The molecule has 2 aromatic rings. The number of hydrogen-bond acceptors (Lipinski definition) is 6. The van der Waals surface area contributed by atoms with Crippen LogP contribution in [0.3, 0.4) is 0 Å². The van der Waals surface area contributed by atoms with Crippen LogP contribution in [0.2, 0.25) is 0 Å². The molecule has 0 aliphatic carbocycles. The lowest BCUT2D eigenvalue weighted by atomic mass is 10.2. The summed E-state index contributed by atoms with van der Waals surface area (Å²) in [4.78, 5) is 13.8. The maximum Gasteiger partial charge on any atom is 0.198 e. The Hall–Kier alpha value is -2.15. The summed E-state index contributed by atoms with van der Waals surface area (Å²) in [6.45, 7) is 0. The summed E-state index contributed by atoms with van der Waals surface area (Å²) in [5.41, 5.74) is 1.27. The normalized spacial score (nSPS) is 11.6. The molecule has 0 radical (unpaired) electrons. The van der Waals surface area contributed by atoms with Gasteiger partial charge in [-0.05, 0) is 11.4 Å². The van der Waals surface area contributed by atoms with E-state index in [1.165, 1.54) is 28.4 Å². The number of nitrogens with two attached hydrogens (primary N) is 1. The molecule has 0 spiro atoms.